The summed E-state index contributed by atoms with van der Waals surface area (Å²) in [6.07, 6.45) is -2.73. The molecule has 2 rings (SSSR count). The van der Waals surface area contributed by atoms with E-state index in [9.17, 15) is 13.2 Å². The van der Waals surface area contributed by atoms with E-state index in [0.29, 0.717) is 17.8 Å². The first-order chi connectivity index (χ1) is 7.02. The van der Waals surface area contributed by atoms with Crippen LogP contribution in [-0.2, 0) is 12.6 Å². The van der Waals surface area contributed by atoms with E-state index in [-0.39, 0.29) is 0 Å². The highest BCUT2D eigenvalue weighted by molar-refractivity contribution is 5.52. The van der Waals surface area contributed by atoms with Crippen LogP contribution in [0, 0.1) is 0 Å². The molecule has 1 aliphatic heterocycles. The van der Waals surface area contributed by atoms with Crippen LogP contribution >= 0.6 is 0 Å². The molecule has 0 saturated carbocycles. The average Bonchev–Trinajstić information content (AvgIpc) is 2.58. The van der Waals surface area contributed by atoms with Crippen LogP contribution in [-0.4, -0.2) is 18.1 Å². The second-order valence-corrected chi connectivity index (χ2v) is 3.53. The lowest BCUT2D eigenvalue weighted by molar-refractivity contribution is -0.137. The highest BCUT2D eigenvalue weighted by Gasteiger charge is 2.32. The van der Waals surface area contributed by atoms with Crippen LogP contribution in [0.4, 0.5) is 19.0 Å². The number of nitrogens with zero attached hydrogens (tertiary/aromatic N) is 2. The molecule has 1 aromatic rings. The van der Waals surface area contributed by atoms with Crippen LogP contribution in [0.3, 0.4) is 0 Å². The van der Waals surface area contributed by atoms with Gasteiger partial charge in [-0.3, -0.25) is 0 Å². The Morgan fingerprint density at radius 3 is 2.80 bits per heavy atom. The van der Waals surface area contributed by atoms with Gasteiger partial charge in [0.25, 0.3) is 0 Å². The maximum absolute atomic E-state index is 12.4. The number of rotatable bonds is 1. The number of likely N-dealkylation sites (N-methyl/N-ethyl adjacent to an activating group) is 1. The number of aromatic nitrogens is 1. The van der Waals surface area contributed by atoms with Crippen LogP contribution < -0.4 is 4.90 Å². The monoisotopic (exact) mass is 216 g/mol. The predicted octanol–water partition coefficient (Wildman–Crippen LogP) is 2.48. The van der Waals surface area contributed by atoms with Gasteiger partial charge in [0.1, 0.15) is 5.82 Å². The summed E-state index contributed by atoms with van der Waals surface area (Å²) in [7, 11) is 0. The van der Waals surface area contributed by atoms with Gasteiger partial charge >= 0.3 is 6.18 Å². The van der Waals surface area contributed by atoms with Gasteiger partial charge in [0.15, 0.2) is 0 Å². The quantitative estimate of drug-likeness (QED) is 0.717. The summed E-state index contributed by atoms with van der Waals surface area (Å²) in [5, 5.41) is 0. The molecular weight excluding hydrogens is 205 g/mol. The van der Waals surface area contributed by atoms with Gasteiger partial charge < -0.3 is 4.90 Å². The fraction of sp³-hybridized carbons (Fsp3) is 0.500. The van der Waals surface area contributed by atoms with Crippen LogP contribution in [0.5, 0.6) is 0 Å². The van der Waals surface area contributed by atoms with Gasteiger partial charge in [0.2, 0.25) is 0 Å². The first-order valence-corrected chi connectivity index (χ1v) is 4.83. The molecule has 0 aromatic carbocycles. The first kappa shape index (κ1) is 10.3. The number of hydrogen-bond acceptors (Lipinski definition) is 2. The number of fused-ring (bicyclic) bond motifs is 1. The third-order valence-corrected chi connectivity index (χ3v) is 2.60. The molecule has 0 bridgehead atoms. The molecule has 0 radical (unpaired) electrons. The zero-order chi connectivity index (χ0) is 11.1. The Labute approximate surface area is 85.7 Å². The molecule has 82 valence electrons. The lowest BCUT2D eigenvalue weighted by Gasteiger charge is -2.15. The molecule has 0 amide bonds. The van der Waals surface area contributed by atoms with E-state index in [1.54, 1.807) is 0 Å². The molecule has 0 atom stereocenters. The maximum Gasteiger partial charge on any atom is 0.417 e. The van der Waals surface area contributed by atoms with Gasteiger partial charge in [-0.15, -0.1) is 0 Å². The number of anilines is 1. The predicted molar refractivity (Wildman–Crippen MR) is 50.8 cm³/mol. The van der Waals surface area contributed by atoms with Crippen LogP contribution in [0.1, 0.15) is 18.1 Å². The minimum Gasteiger partial charge on any atom is -0.356 e. The van der Waals surface area contributed by atoms with E-state index in [1.807, 2.05) is 11.8 Å². The highest BCUT2D eigenvalue weighted by atomic mass is 19.4. The van der Waals surface area contributed by atoms with E-state index in [1.165, 1.54) is 6.07 Å². The van der Waals surface area contributed by atoms with E-state index in [0.717, 1.165) is 19.3 Å². The molecule has 0 N–H and O–H groups in total. The molecule has 0 saturated heterocycles. The summed E-state index contributed by atoms with van der Waals surface area (Å²) in [5.74, 6) is 0.700. The molecule has 1 aromatic heterocycles. The van der Waals surface area contributed by atoms with Crippen LogP contribution in [0.15, 0.2) is 12.3 Å². The van der Waals surface area contributed by atoms with Crippen molar-refractivity contribution in [1.29, 1.82) is 0 Å². The van der Waals surface area contributed by atoms with Crippen LogP contribution in [0.2, 0.25) is 0 Å². The molecule has 1 aliphatic rings. The Morgan fingerprint density at radius 2 is 2.20 bits per heavy atom. The average molecular weight is 216 g/mol. The van der Waals surface area contributed by atoms with Crippen LogP contribution in [0.25, 0.3) is 0 Å². The Kier molecular flexibility index (Phi) is 2.32. The normalized spacial score (nSPS) is 15.6. The topological polar surface area (TPSA) is 16.1 Å². The van der Waals surface area contributed by atoms with E-state index in [2.05, 4.69) is 4.98 Å². The lowest BCUT2D eigenvalue weighted by atomic mass is 10.1. The maximum atomic E-state index is 12.4. The van der Waals surface area contributed by atoms with Crippen molar-refractivity contribution in [2.45, 2.75) is 19.5 Å². The van der Waals surface area contributed by atoms with E-state index < -0.39 is 11.7 Å². The zero-order valence-electron chi connectivity index (χ0n) is 8.30. The zero-order valence-corrected chi connectivity index (χ0v) is 8.30. The lowest BCUT2D eigenvalue weighted by Crippen LogP contribution is -2.20. The number of pyridine rings is 1. The summed E-state index contributed by atoms with van der Waals surface area (Å²) in [4.78, 5) is 5.87. The fourth-order valence-electron chi connectivity index (χ4n) is 1.80. The Hall–Kier alpha value is -1.26. The molecule has 2 nitrogen and oxygen atoms in total. The van der Waals surface area contributed by atoms with E-state index >= 15 is 0 Å². The second kappa shape index (κ2) is 3.40. The van der Waals surface area contributed by atoms with Crippen molar-refractivity contribution in [2.24, 2.45) is 0 Å². The summed E-state index contributed by atoms with van der Waals surface area (Å²) in [6.45, 7) is 3.51. The number of halogens is 3. The number of alkyl halides is 3. The van der Waals surface area contributed by atoms with Gasteiger partial charge in [-0.1, -0.05) is 0 Å². The third-order valence-electron chi connectivity index (χ3n) is 2.60. The summed E-state index contributed by atoms with van der Waals surface area (Å²) in [5.41, 5.74) is 0.0471. The molecule has 15 heavy (non-hydrogen) atoms. The minimum absolute atomic E-state index is 0.653. The second-order valence-electron chi connectivity index (χ2n) is 3.53. The largest absolute Gasteiger partial charge is 0.417 e. The molecule has 0 spiro atoms. The standard InChI is InChI=1S/C10H11F3N2/c1-2-15-4-3-7-5-8(10(11,12)13)6-14-9(7)15/h5-6H,2-4H2,1H3. The van der Waals surface area contributed by atoms with Crippen molar-refractivity contribution < 1.29 is 13.2 Å². The highest BCUT2D eigenvalue weighted by Crippen LogP contribution is 2.33. The summed E-state index contributed by atoms with van der Waals surface area (Å²) < 4.78 is 37.1. The number of hydrogen-bond donors (Lipinski definition) is 0. The van der Waals surface area contributed by atoms with Crippen molar-refractivity contribution >= 4 is 5.82 Å². The Morgan fingerprint density at radius 1 is 1.47 bits per heavy atom. The molecule has 5 heteroatoms. The van der Waals surface area contributed by atoms with Crippen molar-refractivity contribution in [3.63, 3.8) is 0 Å². The summed E-state index contributed by atoms with van der Waals surface area (Å²) in [6, 6.07) is 1.21. The van der Waals surface area contributed by atoms with Gasteiger partial charge in [0, 0.05) is 19.3 Å². The van der Waals surface area contributed by atoms with Gasteiger partial charge in [-0.25, -0.2) is 4.98 Å². The summed E-state index contributed by atoms with van der Waals surface area (Å²) >= 11 is 0. The van der Waals surface area contributed by atoms with E-state index in [4.69, 9.17) is 0 Å². The van der Waals surface area contributed by atoms with Crippen molar-refractivity contribution in [2.75, 3.05) is 18.0 Å². The first-order valence-electron chi connectivity index (χ1n) is 4.83. The fourth-order valence-corrected chi connectivity index (χ4v) is 1.80. The van der Waals surface area contributed by atoms with Gasteiger partial charge in [0.05, 0.1) is 5.56 Å². The van der Waals surface area contributed by atoms with Gasteiger partial charge in [-0.2, -0.15) is 13.2 Å². The van der Waals surface area contributed by atoms with Crippen molar-refractivity contribution in [3.05, 3.63) is 23.4 Å². The third kappa shape index (κ3) is 1.78. The SMILES string of the molecule is CCN1CCc2cc(C(F)(F)F)cnc21. The Balaban J connectivity index is 2.37. The molecule has 0 unspecified atom stereocenters. The molecular formula is C10H11F3N2. The van der Waals surface area contributed by atoms with Gasteiger partial charge in [-0.05, 0) is 25.0 Å². The minimum atomic E-state index is -4.29. The molecule has 2 heterocycles. The van der Waals surface area contributed by atoms with Crippen molar-refractivity contribution in [3.8, 4) is 0 Å². The van der Waals surface area contributed by atoms with Crippen molar-refractivity contribution in [1.82, 2.24) is 4.98 Å². The molecule has 0 aliphatic carbocycles. The molecule has 0 fully saturated rings. The Bertz CT molecular complexity index is 373. The smallest absolute Gasteiger partial charge is 0.356 e.